The highest BCUT2D eigenvalue weighted by molar-refractivity contribution is 5.39. The molecule has 1 aliphatic rings. The van der Waals surface area contributed by atoms with E-state index in [-0.39, 0.29) is 6.04 Å². The number of fused-ring (bicyclic) bond motifs is 1. The Morgan fingerprint density at radius 3 is 3.00 bits per heavy atom. The summed E-state index contributed by atoms with van der Waals surface area (Å²) in [5.41, 5.74) is 7.89. The molecule has 0 amide bonds. The third kappa shape index (κ3) is 3.03. The predicted molar refractivity (Wildman–Crippen MR) is 72.7 cm³/mol. The lowest BCUT2D eigenvalue weighted by Crippen LogP contribution is -2.31. The van der Waals surface area contributed by atoms with Crippen molar-refractivity contribution in [3.63, 3.8) is 0 Å². The molecular formula is C15H23NO2. The highest BCUT2D eigenvalue weighted by Gasteiger charge is 2.20. The van der Waals surface area contributed by atoms with Crippen molar-refractivity contribution in [1.82, 2.24) is 0 Å². The van der Waals surface area contributed by atoms with Gasteiger partial charge < -0.3 is 15.6 Å². The Morgan fingerprint density at radius 1 is 1.50 bits per heavy atom. The van der Waals surface area contributed by atoms with Gasteiger partial charge in [0.1, 0.15) is 12.4 Å². The van der Waals surface area contributed by atoms with Crippen LogP contribution in [0.3, 0.4) is 0 Å². The molecule has 1 aromatic carbocycles. The highest BCUT2D eigenvalue weighted by Crippen LogP contribution is 2.31. The zero-order valence-electron chi connectivity index (χ0n) is 11.3. The molecule has 0 heterocycles. The van der Waals surface area contributed by atoms with E-state index >= 15 is 0 Å². The van der Waals surface area contributed by atoms with E-state index in [0.29, 0.717) is 13.0 Å². The van der Waals surface area contributed by atoms with Crippen LogP contribution >= 0.6 is 0 Å². The Bertz CT molecular complexity index is 415. The zero-order valence-corrected chi connectivity index (χ0v) is 11.3. The lowest BCUT2D eigenvalue weighted by Gasteiger charge is -2.25. The molecular weight excluding hydrogens is 226 g/mol. The maximum absolute atomic E-state index is 9.93. The molecule has 0 fully saturated rings. The molecule has 3 N–H and O–H groups in total. The van der Waals surface area contributed by atoms with E-state index in [9.17, 15) is 5.11 Å². The largest absolute Gasteiger partial charge is 0.491 e. The van der Waals surface area contributed by atoms with Crippen molar-refractivity contribution in [2.45, 2.75) is 51.2 Å². The van der Waals surface area contributed by atoms with Crippen LogP contribution in [0.4, 0.5) is 0 Å². The van der Waals surface area contributed by atoms with Crippen molar-refractivity contribution in [3.8, 4) is 5.75 Å². The van der Waals surface area contributed by atoms with Crippen LogP contribution < -0.4 is 10.5 Å². The summed E-state index contributed by atoms with van der Waals surface area (Å²) >= 11 is 0. The maximum atomic E-state index is 9.93. The molecule has 0 radical (unpaired) electrons. The molecule has 0 spiro atoms. The number of nitrogens with two attached hydrogens (primary N) is 1. The van der Waals surface area contributed by atoms with Crippen molar-refractivity contribution in [3.05, 3.63) is 29.3 Å². The molecule has 0 saturated heterocycles. The fourth-order valence-corrected chi connectivity index (χ4v) is 2.24. The highest BCUT2D eigenvalue weighted by atomic mass is 16.5. The second-order valence-electron chi connectivity index (χ2n) is 5.50. The molecule has 2 unspecified atom stereocenters. The Morgan fingerprint density at radius 2 is 2.28 bits per heavy atom. The van der Waals surface area contributed by atoms with E-state index in [4.69, 9.17) is 10.5 Å². The first-order chi connectivity index (χ1) is 8.52. The van der Waals surface area contributed by atoms with Crippen molar-refractivity contribution < 1.29 is 9.84 Å². The van der Waals surface area contributed by atoms with Crippen LogP contribution in [-0.2, 0) is 6.42 Å². The quantitative estimate of drug-likeness (QED) is 0.862. The van der Waals surface area contributed by atoms with Crippen molar-refractivity contribution in [2.24, 2.45) is 5.73 Å². The molecule has 1 aromatic rings. The van der Waals surface area contributed by atoms with Gasteiger partial charge in [-0.2, -0.15) is 0 Å². The average Bonchev–Trinajstić information content (AvgIpc) is 2.37. The smallest absolute Gasteiger partial charge is 0.119 e. The third-order valence-electron chi connectivity index (χ3n) is 3.79. The van der Waals surface area contributed by atoms with Gasteiger partial charge >= 0.3 is 0 Å². The lowest BCUT2D eigenvalue weighted by molar-refractivity contribution is 0.00843. The van der Waals surface area contributed by atoms with E-state index < -0.39 is 5.60 Å². The van der Waals surface area contributed by atoms with Gasteiger partial charge in [0.2, 0.25) is 0 Å². The SMILES string of the molecule is CCC(C)(O)COc1ccc2c(c1)C(N)CCC2. The van der Waals surface area contributed by atoms with Crippen LogP contribution in [0.2, 0.25) is 0 Å². The summed E-state index contributed by atoms with van der Waals surface area (Å²) in [6.07, 6.45) is 4.00. The van der Waals surface area contributed by atoms with Gasteiger partial charge in [0.15, 0.2) is 0 Å². The summed E-state index contributed by atoms with van der Waals surface area (Å²) in [4.78, 5) is 0. The number of aliphatic hydroxyl groups is 1. The van der Waals surface area contributed by atoms with Gasteiger partial charge in [-0.05, 0) is 55.9 Å². The van der Waals surface area contributed by atoms with Crippen molar-refractivity contribution in [1.29, 1.82) is 0 Å². The Hall–Kier alpha value is -1.06. The standard InChI is InChI=1S/C15H23NO2/c1-3-15(2,17)10-18-12-8-7-11-5-4-6-14(16)13(11)9-12/h7-9,14,17H,3-6,10,16H2,1-2H3. The second-order valence-corrected chi connectivity index (χ2v) is 5.50. The summed E-state index contributed by atoms with van der Waals surface area (Å²) in [5.74, 6) is 0.805. The molecule has 0 aliphatic heterocycles. The number of benzene rings is 1. The van der Waals surface area contributed by atoms with Crippen LogP contribution in [0.25, 0.3) is 0 Å². The summed E-state index contributed by atoms with van der Waals surface area (Å²) in [7, 11) is 0. The van der Waals surface area contributed by atoms with E-state index in [1.54, 1.807) is 6.92 Å². The third-order valence-corrected chi connectivity index (χ3v) is 3.79. The van der Waals surface area contributed by atoms with Gasteiger partial charge in [0, 0.05) is 6.04 Å². The van der Waals surface area contributed by atoms with Gasteiger partial charge in [0.05, 0.1) is 5.60 Å². The fourth-order valence-electron chi connectivity index (χ4n) is 2.24. The van der Waals surface area contributed by atoms with E-state index in [0.717, 1.165) is 18.6 Å². The molecule has 2 rings (SSSR count). The summed E-state index contributed by atoms with van der Waals surface area (Å²) in [5, 5.41) is 9.93. The van der Waals surface area contributed by atoms with Crippen LogP contribution in [0.1, 0.15) is 50.3 Å². The molecule has 100 valence electrons. The molecule has 18 heavy (non-hydrogen) atoms. The Balaban J connectivity index is 2.09. The molecule has 3 heteroatoms. The Kier molecular flexibility index (Phi) is 3.93. The molecule has 0 bridgehead atoms. The number of ether oxygens (including phenoxy) is 1. The van der Waals surface area contributed by atoms with Gasteiger partial charge in [0.25, 0.3) is 0 Å². The molecule has 0 aromatic heterocycles. The summed E-state index contributed by atoms with van der Waals surface area (Å²) in [6.45, 7) is 4.06. The molecule has 0 saturated carbocycles. The minimum absolute atomic E-state index is 0.129. The topological polar surface area (TPSA) is 55.5 Å². The first kappa shape index (κ1) is 13.4. The first-order valence-corrected chi connectivity index (χ1v) is 6.75. The second kappa shape index (κ2) is 5.29. The summed E-state index contributed by atoms with van der Waals surface area (Å²) in [6, 6.07) is 6.24. The first-order valence-electron chi connectivity index (χ1n) is 6.75. The maximum Gasteiger partial charge on any atom is 0.119 e. The normalized spacial score (nSPS) is 22.1. The molecule has 2 atom stereocenters. The van der Waals surface area contributed by atoms with Gasteiger partial charge in [-0.15, -0.1) is 0 Å². The average molecular weight is 249 g/mol. The number of rotatable bonds is 4. The Labute approximate surface area is 109 Å². The van der Waals surface area contributed by atoms with E-state index in [1.165, 1.54) is 17.5 Å². The minimum atomic E-state index is -0.766. The predicted octanol–water partition coefficient (Wildman–Crippen LogP) is 2.56. The van der Waals surface area contributed by atoms with E-state index in [1.807, 2.05) is 19.1 Å². The van der Waals surface area contributed by atoms with Crippen LogP contribution in [0.5, 0.6) is 5.75 Å². The van der Waals surface area contributed by atoms with Crippen molar-refractivity contribution in [2.75, 3.05) is 6.61 Å². The van der Waals surface area contributed by atoms with Gasteiger partial charge in [-0.1, -0.05) is 13.0 Å². The number of aryl methyl sites for hydroxylation is 1. The van der Waals surface area contributed by atoms with Crippen LogP contribution in [-0.4, -0.2) is 17.3 Å². The summed E-state index contributed by atoms with van der Waals surface area (Å²) < 4.78 is 5.67. The fraction of sp³-hybridized carbons (Fsp3) is 0.600. The van der Waals surface area contributed by atoms with E-state index in [2.05, 4.69) is 6.07 Å². The van der Waals surface area contributed by atoms with Gasteiger partial charge in [-0.3, -0.25) is 0 Å². The molecule has 3 nitrogen and oxygen atoms in total. The zero-order chi connectivity index (χ0) is 13.2. The monoisotopic (exact) mass is 249 g/mol. The number of hydrogen-bond donors (Lipinski definition) is 2. The number of hydrogen-bond acceptors (Lipinski definition) is 3. The molecule has 1 aliphatic carbocycles. The minimum Gasteiger partial charge on any atom is -0.491 e. The van der Waals surface area contributed by atoms with Crippen molar-refractivity contribution >= 4 is 0 Å². The van der Waals surface area contributed by atoms with Gasteiger partial charge in [-0.25, -0.2) is 0 Å². The lowest BCUT2D eigenvalue weighted by atomic mass is 9.88. The van der Waals surface area contributed by atoms with Crippen LogP contribution in [0.15, 0.2) is 18.2 Å². The van der Waals surface area contributed by atoms with Crippen LogP contribution in [0, 0.1) is 0 Å².